The maximum atomic E-state index is 12.6. The van der Waals surface area contributed by atoms with Crippen molar-refractivity contribution in [3.8, 4) is 0 Å². The fraction of sp³-hybridized carbons (Fsp3) is 0.897. The molecule has 4 rings (SSSR count). The molecule has 0 aromatic rings. The number of carbonyl (C=O) groups is 3. The lowest BCUT2D eigenvalue weighted by Gasteiger charge is -2.66. The Kier molecular flexibility index (Phi) is 8.68. The number of amides is 1. The van der Waals surface area contributed by atoms with Crippen molar-refractivity contribution in [2.24, 2.45) is 46.3 Å². The first kappa shape index (κ1) is 32.2. The van der Waals surface area contributed by atoms with Crippen molar-refractivity contribution in [2.75, 3.05) is 12.3 Å². The third kappa shape index (κ3) is 6.03. The first-order valence-electron chi connectivity index (χ1n) is 14.9. The number of fused-ring (bicyclic) bond motifs is 5. The lowest BCUT2D eigenvalue weighted by molar-refractivity contribution is -0.234. The van der Waals surface area contributed by atoms with Crippen LogP contribution in [0.1, 0.15) is 91.4 Å². The van der Waals surface area contributed by atoms with Gasteiger partial charge in [0.1, 0.15) is 0 Å². The van der Waals surface area contributed by atoms with E-state index in [1.54, 1.807) is 0 Å². The first-order valence-corrected chi connectivity index (χ1v) is 16.5. The molecule has 0 heterocycles. The number of carbonyl (C=O) groups excluding carboxylic acids is 1. The van der Waals surface area contributed by atoms with Crippen LogP contribution in [0.25, 0.3) is 0 Å². The third-order valence-corrected chi connectivity index (χ3v) is 12.8. The SMILES string of the molecule is C[C@H](CC(=O)NCCS(=O)(=O)O)[C@H]1CCC2C3CC[C@@H]4C[C@@](O)(CC(=O)O)CC[C@]4(C)C3C[C@@](O)(CC(=O)O)[C@@]21C. The predicted molar refractivity (Wildman–Crippen MR) is 148 cm³/mol. The van der Waals surface area contributed by atoms with E-state index >= 15 is 0 Å². The molecular weight excluding hydrogens is 554 g/mol. The minimum atomic E-state index is -4.20. The van der Waals surface area contributed by atoms with Crippen LogP contribution < -0.4 is 5.32 Å². The molecular formula is C29H47NO10S. The fourth-order valence-corrected chi connectivity index (χ4v) is 10.6. The van der Waals surface area contributed by atoms with Gasteiger partial charge < -0.3 is 25.7 Å². The van der Waals surface area contributed by atoms with Gasteiger partial charge in [-0.2, -0.15) is 8.42 Å². The second-order valence-corrected chi connectivity index (χ2v) is 15.8. The molecule has 4 aliphatic carbocycles. The van der Waals surface area contributed by atoms with Crippen LogP contribution in [0.5, 0.6) is 0 Å². The molecule has 0 saturated heterocycles. The molecule has 12 heteroatoms. The van der Waals surface area contributed by atoms with Gasteiger partial charge >= 0.3 is 11.9 Å². The number of carboxylic acids is 2. The van der Waals surface area contributed by atoms with Crippen molar-refractivity contribution in [1.29, 1.82) is 0 Å². The van der Waals surface area contributed by atoms with Gasteiger partial charge in [0.25, 0.3) is 10.1 Å². The molecule has 0 spiro atoms. The van der Waals surface area contributed by atoms with Crippen molar-refractivity contribution in [3.05, 3.63) is 0 Å². The molecule has 4 fully saturated rings. The zero-order valence-electron chi connectivity index (χ0n) is 24.3. The van der Waals surface area contributed by atoms with Crippen LogP contribution in [0.3, 0.4) is 0 Å². The Hall–Kier alpha value is -1.76. The average molecular weight is 602 g/mol. The van der Waals surface area contributed by atoms with Crippen LogP contribution in [0.4, 0.5) is 0 Å². The maximum Gasteiger partial charge on any atom is 0.306 e. The van der Waals surface area contributed by atoms with Crippen LogP contribution >= 0.6 is 0 Å². The topological polar surface area (TPSA) is 199 Å². The summed E-state index contributed by atoms with van der Waals surface area (Å²) in [6.07, 6.45) is 4.35. The molecule has 0 aromatic heterocycles. The van der Waals surface area contributed by atoms with Gasteiger partial charge in [0.2, 0.25) is 5.91 Å². The van der Waals surface area contributed by atoms with E-state index in [2.05, 4.69) is 12.2 Å². The van der Waals surface area contributed by atoms with E-state index in [1.807, 2.05) is 13.8 Å². The minimum Gasteiger partial charge on any atom is -0.481 e. The summed E-state index contributed by atoms with van der Waals surface area (Å²) in [5.41, 5.74) is -3.76. The van der Waals surface area contributed by atoms with Crippen molar-refractivity contribution < 1.29 is 47.8 Å². The molecule has 4 aliphatic rings. The Morgan fingerprint density at radius 2 is 1.59 bits per heavy atom. The molecule has 6 N–H and O–H groups in total. The highest BCUT2D eigenvalue weighted by Gasteiger charge is 2.69. The van der Waals surface area contributed by atoms with E-state index < -0.39 is 50.8 Å². The van der Waals surface area contributed by atoms with Gasteiger partial charge in [-0.3, -0.25) is 18.9 Å². The number of hydrogen-bond acceptors (Lipinski definition) is 7. The van der Waals surface area contributed by atoms with Gasteiger partial charge in [0.15, 0.2) is 0 Å². The Labute approximate surface area is 242 Å². The second kappa shape index (κ2) is 11.1. The summed E-state index contributed by atoms with van der Waals surface area (Å²) in [5, 5.41) is 45.4. The molecule has 0 aliphatic heterocycles. The van der Waals surface area contributed by atoms with E-state index in [0.717, 1.165) is 25.7 Å². The van der Waals surface area contributed by atoms with Gasteiger partial charge in [-0.15, -0.1) is 0 Å². The van der Waals surface area contributed by atoms with Gasteiger partial charge in [-0.1, -0.05) is 20.8 Å². The smallest absolute Gasteiger partial charge is 0.306 e. The number of aliphatic hydroxyl groups is 2. The summed E-state index contributed by atoms with van der Waals surface area (Å²) in [7, 11) is -4.20. The Bertz CT molecular complexity index is 1160. The second-order valence-electron chi connectivity index (χ2n) is 14.2. The van der Waals surface area contributed by atoms with E-state index in [4.69, 9.17) is 4.55 Å². The summed E-state index contributed by atoms with van der Waals surface area (Å²) >= 11 is 0. The van der Waals surface area contributed by atoms with Crippen LogP contribution in [0.15, 0.2) is 0 Å². The molecule has 41 heavy (non-hydrogen) atoms. The van der Waals surface area contributed by atoms with E-state index in [-0.39, 0.29) is 66.2 Å². The number of rotatable bonds is 10. The predicted octanol–water partition coefficient (Wildman–Crippen LogP) is 2.70. The lowest BCUT2D eigenvalue weighted by Crippen LogP contribution is -2.65. The normalized spacial score (nSPS) is 42.8. The largest absolute Gasteiger partial charge is 0.481 e. The summed E-state index contributed by atoms with van der Waals surface area (Å²) in [6, 6.07) is 0. The van der Waals surface area contributed by atoms with E-state index in [1.165, 1.54) is 0 Å². The Morgan fingerprint density at radius 3 is 2.20 bits per heavy atom. The third-order valence-electron chi connectivity index (χ3n) is 12.1. The summed E-state index contributed by atoms with van der Waals surface area (Å²) < 4.78 is 30.9. The molecule has 234 valence electrons. The van der Waals surface area contributed by atoms with E-state index in [0.29, 0.717) is 25.7 Å². The molecule has 10 atom stereocenters. The Balaban J connectivity index is 1.58. The molecule has 0 radical (unpaired) electrons. The number of aliphatic carboxylic acids is 2. The zero-order valence-corrected chi connectivity index (χ0v) is 25.2. The van der Waals surface area contributed by atoms with Crippen LogP contribution in [0.2, 0.25) is 0 Å². The Morgan fingerprint density at radius 1 is 0.927 bits per heavy atom. The van der Waals surface area contributed by atoms with Crippen LogP contribution in [0, 0.1) is 46.3 Å². The summed E-state index contributed by atoms with van der Waals surface area (Å²) in [6.45, 7) is 5.91. The molecule has 1 amide bonds. The molecule has 11 nitrogen and oxygen atoms in total. The van der Waals surface area contributed by atoms with E-state index in [9.17, 15) is 43.2 Å². The maximum absolute atomic E-state index is 12.6. The van der Waals surface area contributed by atoms with Crippen molar-refractivity contribution >= 4 is 28.0 Å². The fourth-order valence-electron chi connectivity index (χ4n) is 10.2. The van der Waals surface area contributed by atoms with Crippen molar-refractivity contribution in [1.82, 2.24) is 5.32 Å². The van der Waals surface area contributed by atoms with Crippen molar-refractivity contribution in [2.45, 2.75) is 103 Å². The number of carboxylic acid groups (broad SMARTS) is 2. The zero-order chi connectivity index (χ0) is 30.6. The van der Waals surface area contributed by atoms with Crippen LogP contribution in [-0.4, -0.2) is 74.7 Å². The summed E-state index contributed by atoms with van der Waals surface area (Å²) in [5.74, 6) is -2.92. The minimum absolute atomic E-state index is 0.0378. The highest BCUT2D eigenvalue weighted by Crippen LogP contribution is 2.72. The van der Waals surface area contributed by atoms with Gasteiger partial charge in [0, 0.05) is 18.4 Å². The highest BCUT2D eigenvalue weighted by molar-refractivity contribution is 7.85. The monoisotopic (exact) mass is 601 g/mol. The highest BCUT2D eigenvalue weighted by atomic mass is 32.2. The molecule has 0 bridgehead atoms. The summed E-state index contributed by atoms with van der Waals surface area (Å²) in [4.78, 5) is 36.3. The van der Waals surface area contributed by atoms with Crippen LogP contribution in [-0.2, 0) is 24.5 Å². The quantitative estimate of drug-likeness (QED) is 0.202. The molecule has 3 unspecified atom stereocenters. The van der Waals surface area contributed by atoms with Gasteiger partial charge in [-0.05, 0) is 92.3 Å². The molecule has 0 aromatic carbocycles. The average Bonchev–Trinajstić information content (AvgIpc) is 3.17. The first-order chi connectivity index (χ1) is 18.8. The van der Waals surface area contributed by atoms with Crippen molar-refractivity contribution in [3.63, 3.8) is 0 Å². The standard InChI is InChI=1S/C29H47NO10S/c1-17(12-23(31)30-10-11-41(38,39)40)20-6-7-21-19-5-4-18-13-28(36,15-24(32)33)9-8-26(18,2)22(19)14-29(37,16-25(34)35)27(20,21)3/h17-22,36-37H,4-16H2,1-3H3,(H,30,31)(H,32,33)(H,34,35)(H,38,39,40)/t17-,18-,19?,20-,21?,22?,26+,27-,28-,29-/m1/s1. The number of nitrogens with one attached hydrogen (secondary N) is 1. The van der Waals surface area contributed by atoms with Gasteiger partial charge in [-0.25, -0.2) is 0 Å². The van der Waals surface area contributed by atoms with Gasteiger partial charge in [0.05, 0.1) is 29.8 Å². The molecule has 4 saturated carbocycles. The number of hydrogen-bond donors (Lipinski definition) is 6. The lowest BCUT2D eigenvalue weighted by atomic mass is 9.40.